The lowest BCUT2D eigenvalue weighted by Crippen LogP contribution is -2.09. The molecule has 0 aliphatic carbocycles. The van der Waals surface area contributed by atoms with E-state index in [-0.39, 0.29) is 0 Å². The van der Waals surface area contributed by atoms with Crippen molar-refractivity contribution in [1.29, 1.82) is 0 Å². The molecule has 4 aromatic rings. The molecule has 3 N–H and O–H groups in total. The maximum atomic E-state index is 10.9. The van der Waals surface area contributed by atoms with Gasteiger partial charge in [-0.2, -0.15) is 0 Å². The zero-order valence-corrected chi connectivity index (χ0v) is 15.9. The summed E-state index contributed by atoms with van der Waals surface area (Å²) in [5, 5.41) is 22.7. The van der Waals surface area contributed by atoms with E-state index in [4.69, 9.17) is 5.73 Å². The van der Waals surface area contributed by atoms with E-state index in [1.807, 2.05) is 70.6 Å². The molecule has 0 spiro atoms. The van der Waals surface area contributed by atoms with E-state index in [0.29, 0.717) is 21.9 Å². The number of aromatic nitrogens is 4. The second kappa shape index (κ2) is 7.91. The van der Waals surface area contributed by atoms with Crippen LogP contribution in [0, 0.1) is 0 Å². The normalized spacial score (nSPS) is 12.2. The number of para-hydroxylation sites is 1. The molecule has 0 aliphatic rings. The molecule has 0 aliphatic heterocycles. The predicted molar refractivity (Wildman–Crippen MR) is 108 cm³/mol. The first-order valence-corrected chi connectivity index (χ1v) is 10.2. The fourth-order valence-corrected chi connectivity index (χ4v) is 4.20. The average molecular weight is 396 g/mol. The molecule has 0 amide bonds. The molecular weight excluding hydrogens is 378 g/mol. The fraction of sp³-hybridized carbons (Fsp3) is 0.105. The summed E-state index contributed by atoms with van der Waals surface area (Å²) in [7, 11) is 0. The van der Waals surface area contributed by atoms with Crippen molar-refractivity contribution in [3.63, 3.8) is 0 Å². The first kappa shape index (κ1) is 17.7. The molecule has 2 aromatic carbocycles. The first-order chi connectivity index (χ1) is 13.2. The van der Waals surface area contributed by atoms with Crippen LogP contribution in [0.15, 0.2) is 71.2 Å². The highest BCUT2D eigenvalue weighted by Gasteiger charge is 2.22. The molecule has 0 bridgehead atoms. The fourth-order valence-electron chi connectivity index (χ4n) is 2.68. The van der Waals surface area contributed by atoms with E-state index in [9.17, 15) is 5.11 Å². The lowest BCUT2D eigenvalue weighted by molar-refractivity contribution is 0.207. The van der Waals surface area contributed by atoms with Crippen LogP contribution in [0.25, 0.3) is 5.69 Å². The number of nitrogens with two attached hydrogens (primary N) is 1. The number of rotatable bonds is 6. The van der Waals surface area contributed by atoms with E-state index in [1.54, 1.807) is 0 Å². The van der Waals surface area contributed by atoms with Crippen molar-refractivity contribution in [1.82, 2.24) is 19.7 Å². The molecule has 0 fully saturated rings. The van der Waals surface area contributed by atoms with Gasteiger partial charge in [0.1, 0.15) is 6.10 Å². The first-order valence-electron chi connectivity index (χ1n) is 8.29. The number of benzene rings is 2. The van der Waals surface area contributed by atoms with Gasteiger partial charge in [0.25, 0.3) is 0 Å². The van der Waals surface area contributed by atoms with Gasteiger partial charge in [0, 0.05) is 16.8 Å². The molecule has 2 aromatic heterocycles. The third-order valence-corrected chi connectivity index (χ3v) is 5.64. The number of nitrogen functional groups attached to an aromatic ring is 1. The Labute approximate surface area is 164 Å². The molecule has 0 saturated heterocycles. The topological polar surface area (TPSA) is 89.8 Å². The van der Waals surface area contributed by atoms with Gasteiger partial charge in [0.15, 0.2) is 16.1 Å². The third kappa shape index (κ3) is 3.87. The average Bonchev–Trinajstić information content (AvgIpc) is 3.33. The molecule has 0 saturated carbocycles. The number of aliphatic hydroxyl groups is 1. The largest absolute Gasteiger partial charge is 0.380 e. The van der Waals surface area contributed by atoms with E-state index < -0.39 is 6.10 Å². The number of thioether (sulfide) groups is 1. The van der Waals surface area contributed by atoms with Crippen LogP contribution in [0.4, 0.5) is 5.13 Å². The van der Waals surface area contributed by atoms with Crippen LogP contribution in [0.3, 0.4) is 0 Å². The molecule has 136 valence electrons. The van der Waals surface area contributed by atoms with Crippen molar-refractivity contribution in [3.05, 3.63) is 83.1 Å². The Hall–Kier alpha value is -2.68. The minimum atomic E-state index is -0.872. The summed E-state index contributed by atoms with van der Waals surface area (Å²) in [5.74, 6) is 1.10. The van der Waals surface area contributed by atoms with Gasteiger partial charge in [-0.1, -0.05) is 60.3 Å². The standard InChI is InChI=1S/C19H17N5OS2/c20-18-21-14(11-26-18)12-27-19-23-22-17(16(25)13-7-3-1-4-8-13)24(19)15-9-5-2-6-10-15/h1-11,16,25H,12H2,(H2,20,21)/t16-/m1/s1. The molecular formula is C19H17N5OS2. The van der Waals surface area contributed by atoms with Gasteiger partial charge in [-0.25, -0.2) is 4.98 Å². The third-order valence-electron chi connectivity index (χ3n) is 3.95. The van der Waals surface area contributed by atoms with Crippen molar-refractivity contribution in [2.24, 2.45) is 0 Å². The second-order valence-electron chi connectivity index (χ2n) is 5.79. The van der Waals surface area contributed by atoms with E-state index in [0.717, 1.165) is 16.9 Å². The molecule has 1 atom stereocenters. The lowest BCUT2D eigenvalue weighted by atomic mass is 10.1. The van der Waals surface area contributed by atoms with Crippen LogP contribution < -0.4 is 5.73 Å². The van der Waals surface area contributed by atoms with E-state index >= 15 is 0 Å². The second-order valence-corrected chi connectivity index (χ2v) is 7.62. The van der Waals surface area contributed by atoms with Gasteiger partial charge in [-0.15, -0.1) is 21.5 Å². The maximum absolute atomic E-state index is 10.9. The van der Waals surface area contributed by atoms with Gasteiger partial charge in [0.2, 0.25) is 0 Å². The van der Waals surface area contributed by atoms with Crippen LogP contribution in [0.5, 0.6) is 0 Å². The summed E-state index contributed by atoms with van der Waals surface area (Å²) in [6.45, 7) is 0. The number of nitrogens with zero attached hydrogens (tertiary/aromatic N) is 4. The Balaban J connectivity index is 1.70. The summed E-state index contributed by atoms with van der Waals surface area (Å²) in [6, 6.07) is 19.2. The Morgan fingerprint density at radius 1 is 1.04 bits per heavy atom. The number of aliphatic hydroxyl groups excluding tert-OH is 1. The highest BCUT2D eigenvalue weighted by molar-refractivity contribution is 7.98. The highest BCUT2D eigenvalue weighted by atomic mass is 32.2. The molecule has 0 radical (unpaired) electrons. The molecule has 8 heteroatoms. The molecule has 27 heavy (non-hydrogen) atoms. The van der Waals surface area contributed by atoms with Crippen LogP contribution >= 0.6 is 23.1 Å². The van der Waals surface area contributed by atoms with E-state index in [2.05, 4.69) is 15.2 Å². The quantitative estimate of drug-likeness (QED) is 0.484. The Morgan fingerprint density at radius 3 is 2.41 bits per heavy atom. The SMILES string of the molecule is Nc1nc(CSc2nnc([C@H](O)c3ccccc3)n2-c2ccccc2)cs1. The van der Waals surface area contributed by atoms with Crippen molar-refractivity contribution < 1.29 is 5.11 Å². The monoisotopic (exact) mass is 395 g/mol. The maximum Gasteiger partial charge on any atom is 0.196 e. The van der Waals surface area contributed by atoms with E-state index in [1.165, 1.54) is 23.1 Å². The number of hydrogen-bond donors (Lipinski definition) is 2. The smallest absolute Gasteiger partial charge is 0.196 e. The lowest BCUT2D eigenvalue weighted by Gasteiger charge is -2.14. The van der Waals surface area contributed by atoms with Crippen LogP contribution in [-0.2, 0) is 5.75 Å². The van der Waals surface area contributed by atoms with Gasteiger partial charge in [-0.05, 0) is 17.7 Å². The van der Waals surface area contributed by atoms with Crippen molar-refractivity contribution in [2.45, 2.75) is 17.0 Å². The van der Waals surface area contributed by atoms with Crippen LogP contribution in [-0.4, -0.2) is 24.9 Å². The van der Waals surface area contributed by atoms with Crippen LogP contribution in [0.2, 0.25) is 0 Å². The van der Waals surface area contributed by atoms with Crippen molar-refractivity contribution >= 4 is 28.2 Å². The van der Waals surface area contributed by atoms with Gasteiger partial charge in [-0.3, -0.25) is 4.57 Å². The predicted octanol–water partition coefficient (Wildman–Crippen LogP) is 3.68. The minimum Gasteiger partial charge on any atom is -0.380 e. The van der Waals surface area contributed by atoms with Crippen molar-refractivity contribution in [2.75, 3.05) is 5.73 Å². The van der Waals surface area contributed by atoms with Gasteiger partial charge >= 0.3 is 0 Å². The van der Waals surface area contributed by atoms with Crippen LogP contribution in [0.1, 0.15) is 23.2 Å². The Bertz CT molecular complexity index is 1020. The van der Waals surface area contributed by atoms with Crippen molar-refractivity contribution in [3.8, 4) is 5.69 Å². The summed E-state index contributed by atoms with van der Waals surface area (Å²) >= 11 is 2.93. The summed E-state index contributed by atoms with van der Waals surface area (Å²) < 4.78 is 1.89. The summed E-state index contributed by atoms with van der Waals surface area (Å²) in [4.78, 5) is 4.29. The number of anilines is 1. The zero-order valence-electron chi connectivity index (χ0n) is 14.3. The minimum absolute atomic E-state index is 0.479. The molecule has 6 nitrogen and oxygen atoms in total. The zero-order chi connectivity index (χ0) is 18.6. The van der Waals surface area contributed by atoms with Gasteiger partial charge < -0.3 is 10.8 Å². The highest BCUT2D eigenvalue weighted by Crippen LogP contribution is 2.30. The Kier molecular flexibility index (Phi) is 5.19. The van der Waals surface area contributed by atoms with Gasteiger partial charge in [0.05, 0.1) is 5.69 Å². The summed E-state index contributed by atoms with van der Waals surface area (Å²) in [5.41, 5.74) is 8.27. The molecule has 4 rings (SSSR count). The molecule has 0 unspecified atom stereocenters. The Morgan fingerprint density at radius 2 is 1.74 bits per heavy atom. The number of hydrogen-bond acceptors (Lipinski definition) is 7. The molecule has 2 heterocycles. The number of thiazole rings is 1. The summed E-state index contributed by atoms with van der Waals surface area (Å²) in [6.07, 6.45) is -0.872.